The van der Waals surface area contributed by atoms with Gasteiger partial charge < -0.3 is 64.5 Å². The number of fused-ring (bicyclic) bond motifs is 3. The summed E-state index contributed by atoms with van der Waals surface area (Å²) in [6, 6.07) is 24.9. The van der Waals surface area contributed by atoms with Crippen molar-refractivity contribution in [3.8, 4) is 11.4 Å². The second-order valence-electron chi connectivity index (χ2n) is 18.7. The van der Waals surface area contributed by atoms with Crippen molar-refractivity contribution in [2.75, 3.05) is 24.7 Å². The first-order valence-corrected chi connectivity index (χ1v) is 27.2. The zero-order valence-corrected chi connectivity index (χ0v) is 44.5. The molecule has 2 aromatic heterocycles. The van der Waals surface area contributed by atoms with E-state index < -0.39 is 92.4 Å². The second kappa shape index (κ2) is 23.2. The van der Waals surface area contributed by atoms with E-state index in [4.69, 9.17) is 33.9 Å². The number of carboxylic acids is 1. The standard InChI is InChI=1S/C23H24BrN3O7S.C17H14BrN3O2S.C9H16O6/c24-22-25-26-23(35-10-17(29)33-9-16(28)20-18(30)19(31)21(32)34-20)27(22)15-8-7-12(11-5-6-11)13-3-1-2-4-14(13)15;18-16-19-20-17(24-9-15(22)23)21(16)14-8-7-11(10-5-6-10)12-3-1-2-4-13(12)14;1-9(2)14-7-5(12)6(4(11)3-10)13-8(7)15-9/h1-4,7-8,11,16,18-21,28,30-32H,5-6,9-10H2;1-4,7-8,10H,5-6,9H2,(H,22,23);4-8,10-12H,3H2,1-2H3. The number of ether oxygens (including phenoxy) is 5. The maximum atomic E-state index is 12.3. The molecule has 11 rings (SSSR count). The number of carboxylic acid groups (broad SMARTS) is 1. The van der Waals surface area contributed by atoms with Crippen LogP contribution >= 0.6 is 55.4 Å². The van der Waals surface area contributed by atoms with Crippen LogP contribution in [0.2, 0.25) is 0 Å². The summed E-state index contributed by atoms with van der Waals surface area (Å²) in [5, 5.41) is 97.9. The Balaban J connectivity index is 0.000000149. The van der Waals surface area contributed by atoms with Crippen LogP contribution in [0.25, 0.3) is 32.9 Å². The molecule has 10 unspecified atom stereocenters. The number of carbonyl (C=O) groups excluding carboxylic acids is 1. The summed E-state index contributed by atoms with van der Waals surface area (Å²) in [5.74, 6) is -1.18. The molecule has 5 heterocycles. The summed E-state index contributed by atoms with van der Waals surface area (Å²) in [7, 11) is 0. The minimum atomic E-state index is -1.62. The van der Waals surface area contributed by atoms with Gasteiger partial charge in [0.15, 0.2) is 28.7 Å². The van der Waals surface area contributed by atoms with E-state index in [0.717, 1.165) is 45.7 Å². The Morgan fingerprint density at radius 3 is 1.65 bits per heavy atom. The Morgan fingerprint density at radius 1 is 0.689 bits per heavy atom. The van der Waals surface area contributed by atoms with E-state index in [9.17, 15) is 40.2 Å². The Hall–Kier alpha value is -4.16. The summed E-state index contributed by atoms with van der Waals surface area (Å²) in [6.45, 7) is 2.51. The average molecular weight is 1190 g/mol. The number of halogens is 2. The van der Waals surface area contributed by atoms with E-state index in [0.29, 0.717) is 31.6 Å². The summed E-state index contributed by atoms with van der Waals surface area (Å²) >= 11 is 9.18. The summed E-state index contributed by atoms with van der Waals surface area (Å²) < 4.78 is 30.9. The van der Waals surface area contributed by atoms with Crippen molar-refractivity contribution >= 4 is 88.9 Å². The van der Waals surface area contributed by atoms with Crippen LogP contribution in [0.5, 0.6) is 0 Å². The molecule has 5 aliphatic rings. The van der Waals surface area contributed by atoms with E-state index in [1.54, 1.807) is 13.8 Å². The molecule has 74 heavy (non-hydrogen) atoms. The van der Waals surface area contributed by atoms with Crippen LogP contribution in [0.15, 0.2) is 92.6 Å². The monoisotopic (exact) mass is 1190 g/mol. The first-order valence-electron chi connectivity index (χ1n) is 23.7. The Kier molecular flexibility index (Phi) is 17.1. The van der Waals surface area contributed by atoms with Gasteiger partial charge in [-0.3, -0.25) is 18.7 Å². The SMILES string of the molecule is CC1(C)OC2OC(C(O)CO)C(O)C2O1.O=C(CSc1nnc(Br)n1-c1ccc(C2CC2)c2ccccc12)OCC(O)C1OC(O)C(O)C1O.O=C(O)CSc1nnc(Br)n1-c1ccc(C2CC2)c2ccccc12. The molecule has 25 heteroatoms. The summed E-state index contributed by atoms with van der Waals surface area (Å²) in [4.78, 5) is 23.2. The van der Waals surface area contributed by atoms with Gasteiger partial charge in [-0.1, -0.05) is 84.2 Å². The molecular weight excluding hydrogens is 1140 g/mol. The van der Waals surface area contributed by atoms with Crippen molar-refractivity contribution in [1.29, 1.82) is 0 Å². The lowest BCUT2D eigenvalue weighted by atomic mass is 9.99. The molecule has 4 aromatic carbocycles. The molecular formula is C49H54Br2N6O15S2. The smallest absolute Gasteiger partial charge is 0.316 e. The van der Waals surface area contributed by atoms with Crippen LogP contribution in [0.4, 0.5) is 0 Å². The van der Waals surface area contributed by atoms with Crippen molar-refractivity contribution in [3.05, 3.63) is 93.4 Å². The number of nitrogens with zero attached hydrogens (tertiary/aromatic N) is 6. The van der Waals surface area contributed by atoms with Crippen LogP contribution in [-0.2, 0) is 33.3 Å². The molecule has 0 bridgehead atoms. The van der Waals surface area contributed by atoms with Gasteiger partial charge in [0, 0.05) is 10.8 Å². The number of hydrogen-bond acceptors (Lipinski definition) is 20. The molecule has 3 saturated heterocycles. The number of carbonyl (C=O) groups is 2. The zero-order valence-electron chi connectivity index (χ0n) is 39.7. The minimum absolute atomic E-state index is 0.0524. The number of thioether (sulfide) groups is 2. The number of aliphatic carboxylic acids is 1. The maximum Gasteiger partial charge on any atom is 0.316 e. The molecule has 3 aliphatic heterocycles. The van der Waals surface area contributed by atoms with Crippen LogP contribution in [0.3, 0.4) is 0 Å². The van der Waals surface area contributed by atoms with Crippen molar-refractivity contribution < 1.29 is 74.1 Å². The van der Waals surface area contributed by atoms with Crippen LogP contribution in [-0.4, -0.2) is 174 Å². The van der Waals surface area contributed by atoms with Gasteiger partial charge in [0.25, 0.3) is 0 Å². The van der Waals surface area contributed by atoms with Gasteiger partial charge in [-0.15, -0.1) is 20.4 Å². The molecule has 5 fully saturated rings. The first kappa shape index (κ1) is 54.6. The molecule has 2 aliphatic carbocycles. The number of aliphatic hydroxyl groups is 7. The number of aliphatic hydroxyl groups excluding tert-OH is 7. The lowest BCUT2D eigenvalue weighted by Gasteiger charge is -2.24. The van der Waals surface area contributed by atoms with E-state index in [-0.39, 0.29) is 11.5 Å². The Bertz CT molecular complexity index is 2980. The molecule has 10 atom stereocenters. The Labute approximate surface area is 448 Å². The lowest BCUT2D eigenvalue weighted by Crippen LogP contribution is -2.42. The number of aromatic nitrogens is 6. The topological polar surface area (TPSA) is 304 Å². The van der Waals surface area contributed by atoms with E-state index in [2.05, 4.69) is 101 Å². The molecule has 396 valence electrons. The summed E-state index contributed by atoms with van der Waals surface area (Å²) in [6.07, 6.45) is -6.70. The molecule has 0 spiro atoms. The predicted octanol–water partition coefficient (Wildman–Crippen LogP) is 4.31. The number of rotatable bonds is 15. The first-order chi connectivity index (χ1) is 35.4. The van der Waals surface area contributed by atoms with Gasteiger partial charge >= 0.3 is 11.9 Å². The average Bonchev–Trinajstić information content (AvgIpc) is 4.28. The number of esters is 1. The normalized spacial score (nSPS) is 25.7. The predicted molar refractivity (Wildman–Crippen MR) is 274 cm³/mol. The van der Waals surface area contributed by atoms with Gasteiger partial charge in [0.05, 0.1) is 29.5 Å². The highest BCUT2D eigenvalue weighted by atomic mass is 79.9. The zero-order chi connectivity index (χ0) is 52.6. The van der Waals surface area contributed by atoms with Gasteiger partial charge in [0.1, 0.15) is 55.4 Å². The highest BCUT2D eigenvalue weighted by Crippen LogP contribution is 2.46. The molecule has 0 radical (unpaired) electrons. The molecule has 2 saturated carbocycles. The highest BCUT2D eigenvalue weighted by molar-refractivity contribution is 9.10. The molecule has 21 nitrogen and oxygen atoms in total. The highest BCUT2D eigenvalue weighted by Gasteiger charge is 2.56. The van der Waals surface area contributed by atoms with Gasteiger partial charge in [-0.05, 0) is 117 Å². The Morgan fingerprint density at radius 2 is 1.19 bits per heavy atom. The maximum absolute atomic E-state index is 12.3. The van der Waals surface area contributed by atoms with Crippen molar-refractivity contribution in [3.63, 3.8) is 0 Å². The van der Waals surface area contributed by atoms with E-state index >= 15 is 0 Å². The van der Waals surface area contributed by atoms with E-state index in [1.807, 2.05) is 33.4 Å². The summed E-state index contributed by atoms with van der Waals surface area (Å²) in [5.41, 5.74) is 4.57. The largest absolute Gasteiger partial charge is 0.481 e. The third-order valence-corrected chi connectivity index (χ3v) is 15.7. The lowest BCUT2D eigenvalue weighted by molar-refractivity contribution is -0.227. The van der Waals surface area contributed by atoms with Crippen molar-refractivity contribution in [1.82, 2.24) is 29.5 Å². The quantitative estimate of drug-likeness (QED) is 0.0525. The fourth-order valence-electron chi connectivity index (χ4n) is 9.11. The third-order valence-electron chi connectivity index (χ3n) is 12.9. The van der Waals surface area contributed by atoms with Crippen molar-refractivity contribution in [2.45, 2.75) is 129 Å². The van der Waals surface area contributed by atoms with Gasteiger partial charge in [-0.25, -0.2) is 0 Å². The fraction of sp³-hybridized carbons (Fsp3) is 0.469. The van der Waals surface area contributed by atoms with Gasteiger partial charge in [-0.2, -0.15) is 0 Å². The molecule has 6 aromatic rings. The van der Waals surface area contributed by atoms with Crippen LogP contribution in [0, 0.1) is 0 Å². The number of hydrogen-bond donors (Lipinski definition) is 8. The fourth-order valence-corrected chi connectivity index (χ4v) is 11.6. The second-order valence-corrected chi connectivity index (χ2v) is 22.0. The van der Waals surface area contributed by atoms with Gasteiger partial charge in [0.2, 0.25) is 9.47 Å². The van der Waals surface area contributed by atoms with Crippen LogP contribution < -0.4 is 0 Å². The minimum Gasteiger partial charge on any atom is -0.481 e. The van der Waals surface area contributed by atoms with E-state index in [1.165, 1.54) is 47.6 Å². The third kappa shape index (κ3) is 12.0. The van der Waals surface area contributed by atoms with Crippen molar-refractivity contribution in [2.24, 2.45) is 0 Å². The molecule has 0 amide bonds. The molecule has 8 N–H and O–H groups in total. The van der Waals surface area contributed by atoms with Crippen LogP contribution in [0.1, 0.15) is 62.5 Å². The number of benzene rings is 4.